The minimum atomic E-state index is 0.607. The van der Waals surface area contributed by atoms with Crippen LogP contribution in [0.2, 0.25) is 0 Å². The van der Waals surface area contributed by atoms with Crippen molar-refractivity contribution in [3.8, 4) is 0 Å². The van der Waals surface area contributed by atoms with Crippen molar-refractivity contribution in [2.75, 3.05) is 39.3 Å². The summed E-state index contributed by atoms with van der Waals surface area (Å²) in [6.45, 7) is 7.78. The molecule has 2 aliphatic heterocycles. The van der Waals surface area contributed by atoms with Crippen LogP contribution in [0.25, 0.3) is 0 Å². The summed E-state index contributed by atoms with van der Waals surface area (Å²) in [7, 11) is 0. The van der Waals surface area contributed by atoms with E-state index < -0.39 is 0 Å². The SMILES string of the molecule is c1ccc(C2CC2NCC2(CN3CC4CNCC4C3)CC2)cc1. The highest BCUT2D eigenvalue weighted by molar-refractivity contribution is 5.27. The Morgan fingerprint density at radius 2 is 1.83 bits per heavy atom. The van der Waals surface area contributed by atoms with Crippen molar-refractivity contribution in [2.24, 2.45) is 17.3 Å². The molecule has 124 valence electrons. The fourth-order valence-corrected chi connectivity index (χ4v) is 4.96. The Bertz CT molecular complexity index is 541. The summed E-state index contributed by atoms with van der Waals surface area (Å²) in [4.78, 5) is 2.77. The number of benzene rings is 1. The van der Waals surface area contributed by atoms with Crippen LogP contribution in [0.3, 0.4) is 0 Å². The van der Waals surface area contributed by atoms with Crippen LogP contribution in [0.1, 0.15) is 30.7 Å². The number of likely N-dealkylation sites (tertiary alicyclic amines) is 1. The minimum Gasteiger partial charge on any atom is -0.316 e. The molecule has 0 aromatic heterocycles. The van der Waals surface area contributed by atoms with E-state index in [9.17, 15) is 0 Å². The second kappa shape index (κ2) is 5.58. The Labute approximate surface area is 139 Å². The van der Waals surface area contributed by atoms with E-state index in [0.717, 1.165) is 23.8 Å². The van der Waals surface area contributed by atoms with Crippen molar-refractivity contribution in [1.29, 1.82) is 0 Å². The van der Waals surface area contributed by atoms with E-state index in [2.05, 4.69) is 45.9 Å². The standard InChI is InChI=1S/C20H29N3/c1-2-4-15(5-3-1)18-8-19(18)22-13-20(6-7-20)14-23-11-16-9-21-10-17(16)12-23/h1-5,16-19,21-22H,6-14H2. The quantitative estimate of drug-likeness (QED) is 0.842. The summed E-state index contributed by atoms with van der Waals surface area (Å²) < 4.78 is 0. The first-order valence-corrected chi connectivity index (χ1v) is 9.53. The molecule has 4 atom stereocenters. The molecule has 1 aromatic carbocycles. The first kappa shape index (κ1) is 14.4. The summed E-state index contributed by atoms with van der Waals surface area (Å²) in [5.74, 6) is 2.64. The van der Waals surface area contributed by atoms with Crippen LogP contribution in [0.5, 0.6) is 0 Å². The van der Waals surface area contributed by atoms with Crippen LogP contribution >= 0.6 is 0 Å². The van der Waals surface area contributed by atoms with Crippen LogP contribution in [0, 0.1) is 17.3 Å². The van der Waals surface area contributed by atoms with Crippen molar-refractivity contribution in [1.82, 2.24) is 15.5 Å². The van der Waals surface area contributed by atoms with E-state index in [1.165, 1.54) is 64.1 Å². The molecule has 2 saturated heterocycles. The summed E-state index contributed by atoms with van der Waals surface area (Å²) >= 11 is 0. The molecule has 4 aliphatic rings. The summed E-state index contributed by atoms with van der Waals surface area (Å²) in [6, 6.07) is 11.8. The number of hydrogen-bond acceptors (Lipinski definition) is 3. The largest absolute Gasteiger partial charge is 0.316 e. The third-order valence-electron chi connectivity index (χ3n) is 6.74. The van der Waals surface area contributed by atoms with Crippen LogP contribution in [0.4, 0.5) is 0 Å². The molecule has 5 rings (SSSR count). The third-order valence-corrected chi connectivity index (χ3v) is 6.74. The molecule has 2 heterocycles. The fraction of sp³-hybridized carbons (Fsp3) is 0.700. The highest BCUT2D eigenvalue weighted by Gasteiger charge is 2.48. The highest BCUT2D eigenvalue weighted by Crippen LogP contribution is 2.48. The van der Waals surface area contributed by atoms with Crippen LogP contribution in [0.15, 0.2) is 30.3 Å². The molecule has 2 N–H and O–H groups in total. The number of rotatable bonds is 6. The maximum absolute atomic E-state index is 3.89. The van der Waals surface area contributed by atoms with Crippen molar-refractivity contribution in [3.05, 3.63) is 35.9 Å². The van der Waals surface area contributed by atoms with Crippen molar-refractivity contribution < 1.29 is 0 Å². The second-order valence-corrected chi connectivity index (χ2v) is 8.61. The van der Waals surface area contributed by atoms with Gasteiger partial charge in [-0.25, -0.2) is 0 Å². The molecule has 2 aliphatic carbocycles. The normalized spacial score (nSPS) is 37.7. The zero-order chi connectivity index (χ0) is 15.3. The first-order chi connectivity index (χ1) is 11.3. The summed E-state index contributed by atoms with van der Waals surface area (Å²) in [5, 5.41) is 7.45. The number of nitrogens with zero attached hydrogens (tertiary/aromatic N) is 1. The highest BCUT2D eigenvalue weighted by atomic mass is 15.2. The zero-order valence-electron chi connectivity index (χ0n) is 14.0. The maximum Gasteiger partial charge on any atom is 0.0143 e. The lowest BCUT2D eigenvalue weighted by atomic mass is 10.0. The van der Waals surface area contributed by atoms with Crippen LogP contribution in [-0.4, -0.2) is 50.2 Å². The third kappa shape index (κ3) is 2.95. The van der Waals surface area contributed by atoms with Crippen molar-refractivity contribution in [2.45, 2.75) is 31.2 Å². The lowest BCUT2D eigenvalue weighted by Crippen LogP contribution is -2.37. The molecule has 3 heteroatoms. The molecular formula is C20H29N3. The average molecular weight is 311 g/mol. The van der Waals surface area contributed by atoms with Crippen molar-refractivity contribution in [3.63, 3.8) is 0 Å². The van der Waals surface area contributed by atoms with Crippen molar-refractivity contribution >= 4 is 0 Å². The number of nitrogens with one attached hydrogen (secondary N) is 2. The predicted molar refractivity (Wildman–Crippen MR) is 93.5 cm³/mol. The molecule has 0 radical (unpaired) electrons. The van der Waals surface area contributed by atoms with Gasteiger partial charge in [0.05, 0.1) is 0 Å². The Morgan fingerprint density at radius 3 is 2.52 bits per heavy atom. The molecule has 0 bridgehead atoms. The molecule has 4 fully saturated rings. The Kier molecular flexibility index (Phi) is 3.50. The molecule has 0 amide bonds. The van der Waals surface area contributed by atoms with Gasteiger partial charge in [0.25, 0.3) is 0 Å². The second-order valence-electron chi connectivity index (χ2n) is 8.61. The molecule has 4 unspecified atom stereocenters. The summed E-state index contributed by atoms with van der Waals surface area (Å²) in [6.07, 6.45) is 4.21. The van der Waals surface area contributed by atoms with E-state index in [0.29, 0.717) is 5.41 Å². The average Bonchev–Trinajstić information content (AvgIpc) is 3.42. The van der Waals surface area contributed by atoms with Gasteiger partial charge in [0.2, 0.25) is 0 Å². The lowest BCUT2D eigenvalue weighted by molar-refractivity contribution is 0.242. The van der Waals surface area contributed by atoms with Gasteiger partial charge in [-0.2, -0.15) is 0 Å². The van der Waals surface area contributed by atoms with Gasteiger partial charge < -0.3 is 15.5 Å². The van der Waals surface area contributed by atoms with Gasteiger partial charge in [-0.3, -0.25) is 0 Å². The topological polar surface area (TPSA) is 27.3 Å². The van der Waals surface area contributed by atoms with Gasteiger partial charge >= 0.3 is 0 Å². The molecular weight excluding hydrogens is 282 g/mol. The van der Waals surface area contributed by atoms with Gasteiger partial charge in [0.15, 0.2) is 0 Å². The molecule has 0 spiro atoms. The van der Waals surface area contributed by atoms with E-state index in [1.807, 2.05) is 0 Å². The molecule has 1 aromatic rings. The zero-order valence-corrected chi connectivity index (χ0v) is 14.0. The number of hydrogen-bond donors (Lipinski definition) is 2. The van der Waals surface area contributed by atoms with Gasteiger partial charge in [-0.05, 0) is 55.2 Å². The summed E-state index contributed by atoms with van der Waals surface area (Å²) in [5.41, 5.74) is 2.13. The van der Waals surface area contributed by atoms with Crippen LogP contribution in [-0.2, 0) is 0 Å². The number of fused-ring (bicyclic) bond motifs is 1. The Hall–Kier alpha value is -0.900. The smallest absolute Gasteiger partial charge is 0.0143 e. The van der Waals surface area contributed by atoms with Gasteiger partial charge in [-0.1, -0.05) is 30.3 Å². The molecule has 3 nitrogen and oxygen atoms in total. The van der Waals surface area contributed by atoms with Gasteiger partial charge in [0, 0.05) is 38.1 Å². The van der Waals surface area contributed by atoms with E-state index in [4.69, 9.17) is 0 Å². The molecule has 23 heavy (non-hydrogen) atoms. The monoisotopic (exact) mass is 311 g/mol. The Morgan fingerprint density at radius 1 is 1.09 bits per heavy atom. The van der Waals surface area contributed by atoms with Gasteiger partial charge in [0.1, 0.15) is 0 Å². The van der Waals surface area contributed by atoms with E-state index in [1.54, 1.807) is 0 Å². The van der Waals surface area contributed by atoms with E-state index in [-0.39, 0.29) is 0 Å². The Balaban J connectivity index is 1.11. The minimum absolute atomic E-state index is 0.607. The maximum atomic E-state index is 3.89. The fourth-order valence-electron chi connectivity index (χ4n) is 4.96. The lowest BCUT2D eigenvalue weighted by Gasteiger charge is -2.24. The van der Waals surface area contributed by atoms with Gasteiger partial charge in [-0.15, -0.1) is 0 Å². The first-order valence-electron chi connectivity index (χ1n) is 9.53. The predicted octanol–water partition coefficient (Wildman–Crippen LogP) is 2.06. The van der Waals surface area contributed by atoms with Crippen LogP contribution < -0.4 is 10.6 Å². The van der Waals surface area contributed by atoms with E-state index >= 15 is 0 Å². The molecule has 2 saturated carbocycles.